The van der Waals surface area contributed by atoms with E-state index in [2.05, 4.69) is 19.5 Å². The fraction of sp³-hybridized carbons (Fsp3) is 0.318. The van der Waals surface area contributed by atoms with E-state index in [4.69, 9.17) is 11.6 Å². The van der Waals surface area contributed by atoms with Crippen LogP contribution in [-0.2, 0) is 10.0 Å². The summed E-state index contributed by atoms with van der Waals surface area (Å²) in [6.45, 7) is 0. The smallest absolute Gasteiger partial charge is 0.229 e. The third-order valence-corrected chi connectivity index (χ3v) is 7.19. The van der Waals surface area contributed by atoms with Gasteiger partial charge in [-0.25, -0.2) is 8.42 Å². The summed E-state index contributed by atoms with van der Waals surface area (Å²) in [5, 5.41) is 10.1. The van der Waals surface area contributed by atoms with E-state index in [0.717, 1.165) is 43.3 Å². The summed E-state index contributed by atoms with van der Waals surface area (Å²) < 4.78 is 27.2. The molecular weight excluding hydrogens is 468 g/mol. The van der Waals surface area contributed by atoms with E-state index in [1.54, 1.807) is 24.3 Å². The summed E-state index contributed by atoms with van der Waals surface area (Å²) in [7, 11) is -3.36. The first kappa shape index (κ1) is 22.8. The molecule has 0 radical (unpaired) electrons. The normalized spacial score (nSPS) is 14.6. The molecule has 0 aliphatic heterocycles. The molecule has 32 heavy (non-hydrogen) atoms. The molecule has 0 amide bonds. The van der Waals surface area contributed by atoms with Crippen molar-refractivity contribution in [2.24, 2.45) is 0 Å². The Bertz CT molecular complexity index is 1220. The van der Waals surface area contributed by atoms with Crippen molar-refractivity contribution in [1.82, 2.24) is 14.8 Å². The SMILES string of the molecule is CS(=O)(=O)Nc1ccc(C(=O)CSc2nnc(-c3ccccc3Cl)n2C2CCCC2)cc1. The van der Waals surface area contributed by atoms with E-state index in [1.165, 1.54) is 11.8 Å². The largest absolute Gasteiger partial charge is 0.299 e. The Morgan fingerprint density at radius 1 is 1.12 bits per heavy atom. The van der Waals surface area contributed by atoms with Crippen LogP contribution in [0.4, 0.5) is 5.69 Å². The van der Waals surface area contributed by atoms with Gasteiger partial charge in [0.2, 0.25) is 10.0 Å². The predicted molar refractivity (Wildman–Crippen MR) is 128 cm³/mol. The quantitative estimate of drug-likeness (QED) is 0.350. The number of carbonyl (C=O) groups excluding carboxylic acids is 1. The number of sulfonamides is 1. The van der Waals surface area contributed by atoms with Gasteiger partial charge in [-0.05, 0) is 49.2 Å². The van der Waals surface area contributed by atoms with Crippen molar-refractivity contribution < 1.29 is 13.2 Å². The summed E-state index contributed by atoms with van der Waals surface area (Å²) >= 11 is 7.78. The van der Waals surface area contributed by atoms with Gasteiger partial charge in [0, 0.05) is 22.9 Å². The molecule has 0 spiro atoms. The fourth-order valence-corrected chi connectivity index (χ4v) is 5.53. The lowest BCUT2D eigenvalue weighted by atomic mass is 10.1. The number of Topliss-reactive ketones (excluding diaryl/α,β-unsaturated/α-hetero) is 1. The molecule has 1 fully saturated rings. The molecule has 1 saturated carbocycles. The summed E-state index contributed by atoms with van der Waals surface area (Å²) in [4.78, 5) is 12.7. The van der Waals surface area contributed by atoms with E-state index in [9.17, 15) is 13.2 Å². The monoisotopic (exact) mass is 490 g/mol. The Balaban J connectivity index is 1.53. The zero-order valence-corrected chi connectivity index (χ0v) is 19.9. The Labute approximate surface area is 196 Å². The molecule has 168 valence electrons. The number of benzene rings is 2. The summed E-state index contributed by atoms with van der Waals surface area (Å²) in [6, 6.07) is 14.3. The molecule has 1 heterocycles. The van der Waals surface area contributed by atoms with E-state index in [0.29, 0.717) is 21.4 Å². The zero-order chi connectivity index (χ0) is 22.7. The van der Waals surface area contributed by atoms with Gasteiger partial charge in [0.05, 0.1) is 17.0 Å². The number of halogens is 1. The second-order valence-corrected chi connectivity index (χ2v) is 10.9. The second-order valence-electron chi connectivity index (χ2n) is 7.76. The van der Waals surface area contributed by atoms with Crippen LogP contribution in [0.5, 0.6) is 0 Å². The second kappa shape index (κ2) is 9.64. The van der Waals surface area contributed by atoms with Crippen LogP contribution < -0.4 is 4.72 Å². The standard InChI is InChI=1S/C22H23ClN4O3S2/c1-32(29,30)26-16-12-10-15(11-13-16)20(28)14-31-22-25-24-21(18-8-4-5-9-19(18)23)27(22)17-6-2-3-7-17/h4-5,8-13,17,26H,2-3,6-7,14H2,1H3. The third-order valence-electron chi connectivity index (χ3n) is 5.31. The first-order valence-electron chi connectivity index (χ1n) is 10.3. The van der Waals surface area contributed by atoms with Crippen molar-refractivity contribution in [2.75, 3.05) is 16.7 Å². The lowest BCUT2D eigenvalue weighted by molar-refractivity contribution is 0.102. The topological polar surface area (TPSA) is 93.9 Å². The molecule has 0 unspecified atom stereocenters. The number of hydrogen-bond donors (Lipinski definition) is 1. The van der Waals surface area contributed by atoms with Crippen molar-refractivity contribution in [3.63, 3.8) is 0 Å². The average molecular weight is 491 g/mol. The van der Waals surface area contributed by atoms with Crippen molar-refractivity contribution in [1.29, 1.82) is 0 Å². The van der Waals surface area contributed by atoms with Crippen LogP contribution in [0, 0.1) is 0 Å². The maximum atomic E-state index is 12.7. The van der Waals surface area contributed by atoms with Gasteiger partial charge in [-0.2, -0.15) is 0 Å². The number of rotatable bonds is 8. The lowest BCUT2D eigenvalue weighted by Crippen LogP contribution is -2.11. The maximum Gasteiger partial charge on any atom is 0.229 e. The minimum Gasteiger partial charge on any atom is -0.299 e. The molecule has 10 heteroatoms. The van der Waals surface area contributed by atoms with Crippen molar-refractivity contribution in [3.8, 4) is 11.4 Å². The summed E-state index contributed by atoms with van der Waals surface area (Å²) in [6.07, 6.45) is 5.49. The number of nitrogens with one attached hydrogen (secondary N) is 1. The minimum atomic E-state index is -3.36. The zero-order valence-electron chi connectivity index (χ0n) is 17.5. The Kier molecular flexibility index (Phi) is 6.88. The van der Waals surface area contributed by atoms with Gasteiger partial charge < -0.3 is 0 Å². The highest BCUT2D eigenvalue weighted by molar-refractivity contribution is 7.99. The highest BCUT2D eigenvalue weighted by Crippen LogP contribution is 2.38. The minimum absolute atomic E-state index is 0.0684. The van der Waals surface area contributed by atoms with E-state index < -0.39 is 10.0 Å². The first-order valence-corrected chi connectivity index (χ1v) is 13.5. The lowest BCUT2D eigenvalue weighted by Gasteiger charge is -2.17. The van der Waals surface area contributed by atoms with Crippen LogP contribution in [0.15, 0.2) is 53.7 Å². The third kappa shape index (κ3) is 5.33. The van der Waals surface area contributed by atoms with Crippen LogP contribution in [0.25, 0.3) is 11.4 Å². The van der Waals surface area contributed by atoms with Gasteiger partial charge in [0.25, 0.3) is 0 Å². The van der Waals surface area contributed by atoms with Gasteiger partial charge in [0.15, 0.2) is 16.8 Å². The van der Waals surface area contributed by atoms with Crippen LogP contribution in [0.3, 0.4) is 0 Å². The van der Waals surface area contributed by atoms with Crippen LogP contribution in [0.2, 0.25) is 5.02 Å². The average Bonchev–Trinajstić information content (AvgIpc) is 3.41. The first-order chi connectivity index (χ1) is 15.3. The highest BCUT2D eigenvalue weighted by atomic mass is 35.5. The van der Waals surface area contributed by atoms with Crippen LogP contribution >= 0.6 is 23.4 Å². The van der Waals surface area contributed by atoms with Crippen LogP contribution in [-0.4, -0.2) is 41.0 Å². The molecule has 1 N–H and O–H groups in total. The van der Waals surface area contributed by atoms with E-state index >= 15 is 0 Å². The number of anilines is 1. The van der Waals surface area contributed by atoms with Crippen LogP contribution in [0.1, 0.15) is 42.1 Å². The molecular formula is C22H23ClN4O3S2. The molecule has 0 bridgehead atoms. The molecule has 4 rings (SSSR count). The predicted octanol–water partition coefficient (Wildman–Crippen LogP) is 5.06. The number of thioether (sulfide) groups is 1. The number of carbonyl (C=O) groups is 1. The number of nitrogens with zero attached hydrogens (tertiary/aromatic N) is 3. The van der Waals surface area contributed by atoms with Crippen molar-refractivity contribution in [3.05, 3.63) is 59.1 Å². The molecule has 1 aromatic heterocycles. The highest BCUT2D eigenvalue weighted by Gasteiger charge is 2.26. The van der Waals surface area contributed by atoms with E-state index in [1.807, 2.05) is 24.3 Å². The molecule has 7 nitrogen and oxygen atoms in total. The van der Waals surface area contributed by atoms with Crippen molar-refractivity contribution >= 4 is 44.9 Å². The number of ketones is 1. The van der Waals surface area contributed by atoms with Gasteiger partial charge in [-0.15, -0.1) is 10.2 Å². The Morgan fingerprint density at radius 2 is 1.81 bits per heavy atom. The van der Waals surface area contributed by atoms with Gasteiger partial charge in [0.1, 0.15) is 0 Å². The van der Waals surface area contributed by atoms with Gasteiger partial charge in [-0.1, -0.05) is 48.3 Å². The molecule has 0 saturated heterocycles. The molecule has 2 aromatic carbocycles. The van der Waals surface area contributed by atoms with E-state index in [-0.39, 0.29) is 17.6 Å². The number of aromatic nitrogens is 3. The molecule has 3 aromatic rings. The Morgan fingerprint density at radius 3 is 2.47 bits per heavy atom. The summed E-state index contributed by atoms with van der Waals surface area (Å²) in [5.74, 6) is 0.862. The maximum absolute atomic E-state index is 12.7. The Hall–Kier alpha value is -2.36. The molecule has 0 atom stereocenters. The molecule has 1 aliphatic carbocycles. The fourth-order valence-electron chi connectivity index (χ4n) is 3.84. The molecule has 1 aliphatic rings. The van der Waals surface area contributed by atoms with Gasteiger partial charge in [-0.3, -0.25) is 14.1 Å². The number of hydrogen-bond acceptors (Lipinski definition) is 6. The van der Waals surface area contributed by atoms with Gasteiger partial charge >= 0.3 is 0 Å². The summed E-state index contributed by atoms with van der Waals surface area (Å²) in [5.41, 5.74) is 1.76. The van der Waals surface area contributed by atoms with Crippen molar-refractivity contribution in [2.45, 2.75) is 36.9 Å².